The van der Waals surface area contributed by atoms with Gasteiger partial charge in [-0.3, -0.25) is 0 Å². The lowest BCUT2D eigenvalue weighted by atomic mass is 10.0. The molecule has 1 atom stereocenters. The van der Waals surface area contributed by atoms with Crippen LogP contribution in [0.4, 0.5) is 8.78 Å². The fourth-order valence-corrected chi connectivity index (χ4v) is 1.19. The highest BCUT2D eigenvalue weighted by Crippen LogP contribution is 2.19. The van der Waals surface area contributed by atoms with Gasteiger partial charge in [-0.15, -0.1) is 0 Å². The molecule has 86 valence electrons. The van der Waals surface area contributed by atoms with E-state index in [2.05, 4.69) is 5.32 Å². The van der Waals surface area contributed by atoms with Gasteiger partial charge in [0.05, 0.1) is 0 Å². The van der Waals surface area contributed by atoms with Gasteiger partial charge in [-0.2, -0.15) is 0 Å². The average molecular weight is 215 g/mol. The van der Waals surface area contributed by atoms with Gasteiger partial charge in [-0.05, 0) is 14.0 Å². The van der Waals surface area contributed by atoms with Crippen molar-refractivity contribution in [3.05, 3.63) is 35.1 Å². The first-order valence-electron chi connectivity index (χ1n) is 5.21. The maximum atomic E-state index is 13.4. The Kier molecular flexibility index (Phi) is 6.88. The van der Waals surface area contributed by atoms with Crippen molar-refractivity contribution in [2.24, 2.45) is 0 Å². The Bertz CT molecular complexity index is 287. The van der Waals surface area contributed by atoms with Crippen LogP contribution in [0.1, 0.15) is 37.9 Å². The minimum Gasteiger partial charge on any atom is -0.313 e. The maximum absolute atomic E-state index is 13.4. The van der Waals surface area contributed by atoms with E-state index in [1.807, 2.05) is 20.8 Å². The van der Waals surface area contributed by atoms with Gasteiger partial charge >= 0.3 is 0 Å². The minimum absolute atomic E-state index is 0.0912. The molecule has 1 nitrogen and oxygen atoms in total. The second-order valence-corrected chi connectivity index (χ2v) is 2.96. The quantitative estimate of drug-likeness (QED) is 0.812. The van der Waals surface area contributed by atoms with Crippen LogP contribution in [0.2, 0.25) is 0 Å². The van der Waals surface area contributed by atoms with E-state index in [9.17, 15) is 8.78 Å². The first kappa shape index (κ1) is 14.0. The van der Waals surface area contributed by atoms with Crippen LogP contribution in [0.5, 0.6) is 0 Å². The zero-order valence-electron chi connectivity index (χ0n) is 9.77. The summed E-state index contributed by atoms with van der Waals surface area (Å²) in [5.41, 5.74) is 0.636. The van der Waals surface area contributed by atoms with Crippen molar-refractivity contribution in [2.45, 2.75) is 33.5 Å². The Morgan fingerprint density at radius 1 is 1.33 bits per heavy atom. The third kappa shape index (κ3) is 3.59. The highest BCUT2D eigenvalue weighted by Gasteiger charge is 2.11. The topological polar surface area (TPSA) is 12.0 Å². The van der Waals surface area contributed by atoms with Gasteiger partial charge < -0.3 is 5.32 Å². The van der Waals surface area contributed by atoms with E-state index in [-0.39, 0.29) is 11.6 Å². The van der Waals surface area contributed by atoms with Crippen LogP contribution in [0.25, 0.3) is 0 Å². The molecule has 15 heavy (non-hydrogen) atoms. The van der Waals surface area contributed by atoms with Gasteiger partial charge in [0.2, 0.25) is 0 Å². The van der Waals surface area contributed by atoms with Crippen LogP contribution in [-0.4, -0.2) is 7.05 Å². The second kappa shape index (κ2) is 7.35. The minimum atomic E-state index is -0.754. The molecule has 0 bridgehead atoms. The van der Waals surface area contributed by atoms with Crippen LogP contribution in [0.3, 0.4) is 0 Å². The molecule has 1 rings (SSSR count). The molecular weight excluding hydrogens is 196 g/mol. The van der Waals surface area contributed by atoms with Gasteiger partial charge in [-0.25, -0.2) is 8.78 Å². The summed E-state index contributed by atoms with van der Waals surface area (Å²) >= 11 is 0. The Hall–Kier alpha value is -0.960. The van der Waals surface area contributed by atoms with Gasteiger partial charge in [0, 0.05) is 17.2 Å². The van der Waals surface area contributed by atoms with Gasteiger partial charge in [0.15, 0.2) is 0 Å². The number of alkyl halides is 1. The SMILES string of the molecule is CC.CN[C@H](C)c1cccc(CF)c1F. The van der Waals surface area contributed by atoms with Crippen molar-refractivity contribution >= 4 is 0 Å². The highest BCUT2D eigenvalue weighted by atomic mass is 19.1. The number of hydrogen-bond donors (Lipinski definition) is 1. The van der Waals surface area contributed by atoms with Gasteiger partial charge in [0.1, 0.15) is 12.5 Å². The van der Waals surface area contributed by atoms with Crippen LogP contribution >= 0.6 is 0 Å². The van der Waals surface area contributed by atoms with E-state index in [1.54, 1.807) is 19.2 Å². The fraction of sp³-hybridized carbons (Fsp3) is 0.500. The molecule has 1 aromatic carbocycles. The summed E-state index contributed by atoms with van der Waals surface area (Å²) in [6.07, 6.45) is 0. The largest absolute Gasteiger partial charge is 0.313 e. The molecule has 0 saturated heterocycles. The monoisotopic (exact) mass is 215 g/mol. The molecule has 0 aromatic heterocycles. The number of rotatable bonds is 3. The van der Waals surface area contributed by atoms with E-state index in [4.69, 9.17) is 0 Å². The molecule has 1 N–H and O–H groups in total. The number of halogens is 2. The summed E-state index contributed by atoms with van der Waals surface area (Å²) in [6, 6.07) is 4.70. The summed E-state index contributed by atoms with van der Waals surface area (Å²) in [4.78, 5) is 0. The molecule has 3 heteroatoms. The van der Waals surface area contributed by atoms with Crippen molar-refractivity contribution in [1.29, 1.82) is 0 Å². The first-order chi connectivity index (χ1) is 7.20. The fourth-order valence-electron chi connectivity index (χ4n) is 1.19. The summed E-state index contributed by atoms with van der Waals surface area (Å²) in [6.45, 7) is 5.08. The second-order valence-electron chi connectivity index (χ2n) is 2.96. The molecule has 0 aliphatic heterocycles. The van der Waals surface area contributed by atoms with Crippen molar-refractivity contribution in [1.82, 2.24) is 5.32 Å². The molecule has 1 aromatic rings. The van der Waals surface area contributed by atoms with Crippen molar-refractivity contribution < 1.29 is 8.78 Å². The van der Waals surface area contributed by atoms with E-state index in [0.29, 0.717) is 5.56 Å². The van der Waals surface area contributed by atoms with Gasteiger partial charge in [0.25, 0.3) is 0 Å². The normalized spacial score (nSPS) is 11.6. The predicted molar refractivity (Wildman–Crippen MR) is 60.0 cm³/mol. The van der Waals surface area contributed by atoms with Gasteiger partial charge in [-0.1, -0.05) is 32.0 Å². The molecule has 0 saturated carbocycles. The number of benzene rings is 1. The Labute approximate surface area is 90.5 Å². The molecule has 0 radical (unpaired) electrons. The summed E-state index contributed by atoms with van der Waals surface area (Å²) in [5, 5.41) is 2.91. The van der Waals surface area contributed by atoms with Crippen LogP contribution in [-0.2, 0) is 6.67 Å². The average Bonchev–Trinajstić information content (AvgIpc) is 2.31. The molecule has 0 heterocycles. The Balaban J connectivity index is 0.000000921. The Morgan fingerprint density at radius 2 is 1.93 bits per heavy atom. The zero-order chi connectivity index (χ0) is 11.8. The Morgan fingerprint density at radius 3 is 2.40 bits per heavy atom. The third-order valence-electron chi connectivity index (χ3n) is 2.15. The standard InChI is InChI=1S/C10H13F2N.C2H6/c1-7(13-2)9-5-3-4-8(6-11)10(9)12;1-2/h3-5,7,13H,6H2,1-2H3;1-2H3/t7-;/m1./s1. The maximum Gasteiger partial charge on any atom is 0.133 e. The predicted octanol–water partition coefficient (Wildman–Crippen LogP) is 3.60. The molecule has 0 fully saturated rings. The summed E-state index contributed by atoms with van der Waals surface area (Å²) in [7, 11) is 1.74. The van der Waals surface area contributed by atoms with Crippen molar-refractivity contribution in [2.75, 3.05) is 7.05 Å². The molecule has 0 aliphatic rings. The number of hydrogen-bond acceptors (Lipinski definition) is 1. The van der Waals surface area contributed by atoms with Crippen molar-refractivity contribution in [3.63, 3.8) is 0 Å². The van der Waals surface area contributed by atoms with E-state index < -0.39 is 12.5 Å². The van der Waals surface area contributed by atoms with E-state index in [0.717, 1.165) is 0 Å². The molecule has 0 amide bonds. The molecule has 0 spiro atoms. The van der Waals surface area contributed by atoms with E-state index >= 15 is 0 Å². The summed E-state index contributed by atoms with van der Waals surface area (Å²) < 4.78 is 25.7. The highest BCUT2D eigenvalue weighted by molar-refractivity contribution is 5.27. The summed E-state index contributed by atoms with van der Waals surface area (Å²) in [5.74, 6) is -0.438. The smallest absolute Gasteiger partial charge is 0.133 e. The lowest BCUT2D eigenvalue weighted by molar-refractivity contribution is 0.457. The third-order valence-corrected chi connectivity index (χ3v) is 2.15. The zero-order valence-corrected chi connectivity index (χ0v) is 9.77. The van der Waals surface area contributed by atoms with Crippen LogP contribution in [0, 0.1) is 5.82 Å². The number of nitrogens with one attached hydrogen (secondary N) is 1. The lowest BCUT2D eigenvalue weighted by Crippen LogP contribution is -2.14. The van der Waals surface area contributed by atoms with Crippen molar-refractivity contribution in [3.8, 4) is 0 Å². The molecule has 0 unspecified atom stereocenters. The lowest BCUT2D eigenvalue weighted by Gasteiger charge is -2.12. The molecule has 0 aliphatic carbocycles. The molecular formula is C12H19F2N. The first-order valence-corrected chi connectivity index (χ1v) is 5.21. The van der Waals surface area contributed by atoms with Crippen LogP contribution in [0.15, 0.2) is 18.2 Å². The van der Waals surface area contributed by atoms with E-state index in [1.165, 1.54) is 6.07 Å². The van der Waals surface area contributed by atoms with Crippen LogP contribution < -0.4 is 5.32 Å².